The van der Waals surface area contributed by atoms with Gasteiger partial charge in [0.1, 0.15) is 24.6 Å². The predicted molar refractivity (Wildman–Crippen MR) is 70.7 cm³/mol. The van der Waals surface area contributed by atoms with Crippen LogP contribution < -0.4 is 4.74 Å². The number of benzene rings is 1. The molecule has 3 nitrogen and oxygen atoms in total. The maximum atomic E-state index is 9.90. The first-order valence-corrected chi connectivity index (χ1v) is 6.82. The van der Waals surface area contributed by atoms with Crippen LogP contribution >= 0.6 is 0 Å². The van der Waals surface area contributed by atoms with E-state index < -0.39 is 0 Å². The van der Waals surface area contributed by atoms with Gasteiger partial charge in [-0.15, -0.1) is 0 Å². The van der Waals surface area contributed by atoms with Gasteiger partial charge in [0.2, 0.25) is 0 Å². The number of para-hydroxylation sites is 1. The van der Waals surface area contributed by atoms with Gasteiger partial charge in [-0.1, -0.05) is 44.4 Å². The quantitative estimate of drug-likeness (QED) is 0.570. The molecule has 0 aromatic heterocycles. The Bertz CT molecular complexity index is 339. The number of epoxide rings is 1. The molecule has 3 heteroatoms. The molecule has 1 saturated heterocycles. The zero-order valence-corrected chi connectivity index (χ0v) is 10.9. The molecule has 18 heavy (non-hydrogen) atoms. The van der Waals surface area contributed by atoms with Crippen molar-refractivity contribution in [2.45, 2.75) is 50.9 Å². The molecule has 3 unspecified atom stereocenters. The van der Waals surface area contributed by atoms with Gasteiger partial charge < -0.3 is 14.6 Å². The first-order valence-electron chi connectivity index (χ1n) is 6.82. The van der Waals surface area contributed by atoms with Crippen LogP contribution in [0.4, 0.5) is 0 Å². The summed E-state index contributed by atoms with van der Waals surface area (Å²) >= 11 is 0. The lowest BCUT2D eigenvalue weighted by Gasteiger charge is -2.07. The second-order valence-corrected chi connectivity index (χ2v) is 4.83. The van der Waals surface area contributed by atoms with Gasteiger partial charge in [-0.25, -0.2) is 0 Å². The molecule has 1 aliphatic heterocycles. The van der Waals surface area contributed by atoms with Crippen LogP contribution in [-0.2, 0) is 4.74 Å². The van der Waals surface area contributed by atoms with E-state index in [9.17, 15) is 5.11 Å². The second kappa shape index (κ2) is 6.76. The van der Waals surface area contributed by atoms with Crippen molar-refractivity contribution in [2.24, 2.45) is 0 Å². The molecule has 1 heterocycles. The average molecular weight is 250 g/mol. The van der Waals surface area contributed by atoms with E-state index in [-0.39, 0.29) is 18.3 Å². The van der Waals surface area contributed by atoms with Crippen molar-refractivity contribution < 1.29 is 14.6 Å². The van der Waals surface area contributed by atoms with E-state index >= 15 is 0 Å². The fourth-order valence-corrected chi connectivity index (χ4v) is 2.09. The van der Waals surface area contributed by atoms with Gasteiger partial charge >= 0.3 is 0 Å². The summed E-state index contributed by atoms with van der Waals surface area (Å²) in [5.41, 5.74) is 0. The molecule has 0 bridgehead atoms. The van der Waals surface area contributed by atoms with Crippen molar-refractivity contribution in [3.63, 3.8) is 0 Å². The standard InChI is InChI=1S/C15H22O3/c1-2-3-5-10-13(16)15-14(18-15)11-17-12-8-6-4-7-9-12/h4,6-9,13-16H,2-3,5,10-11H2,1H3. The summed E-state index contributed by atoms with van der Waals surface area (Å²) in [4.78, 5) is 0. The highest BCUT2D eigenvalue weighted by atomic mass is 16.6. The van der Waals surface area contributed by atoms with Crippen molar-refractivity contribution in [1.29, 1.82) is 0 Å². The lowest BCUT2D eigenvalue weighted by atomic mass is 10.1. The van der Waals surface area contributed by atoms with E-state index in [0.29, 0.717) is 6.61 Å². The van der Waals surface area contributed by atoms with Gasteiger partial charge in [0.05, 0.1) is 6.10 Å². The Balaban J connectivity index is 1.62. The highest BCUT2D eigenvalue weighted by Gasteiger charge is 2.44. The van der Waals surface area contributed by atoms with Crippen LogP contribution in [0.2, 0.25) is 0 Å². The van der Waals surface area contributed by atoms with E-state index in [1.807, 2.05) is 30.3 Å². The molecule has 0 amide bonds. The Hall–Kier alpha value is -1.06. The van der Waals surface area contributed by atoms with Crippen LogP contribution in [0.1, 0.15) is 32.6 Å². The molecular formula is C15H22O3. The molecule has 1 N–H and O–H groups in total. The molecule has 0 radical (unpaired) electrons. The molecular weight excluding hydrogens is 228 g/mol. The predicted octanol–water partition coefficient (Wildman–Crippen LogP) is 2.77. The van der Waals surface area contributed by atoms with Gasteiger partial charge in [0.25, 0.3) is 0 Å². The van der Waals surface area contributed by atoms with Crippen LogP contribution in [0.5, 0.6) is 5.75 Å². The Labute approximate surface area is 109 Å². The van der Waals surface area contributed by atoms with Crippen LogP contribution in [-0.4, -0.2) is 30.0 Å². The monoisotopic (exact) mass is 250 g/mol. The number of aliphatic hydroxyl groups is 1. The summed E-state index contributed by atoms with van der Waals surface area (Å²) in [6.07, 6.45) is 3.96. The van der Waals surface area contributed by atoms with Gasteiger partial charge in [-0.3, -0.25) is 0 Å². The van der Waals surface area contributed by atoms with Crippen molar-refractivity contribution in [3.05, 3.63) is 30.3 Å². The molecule has 1 fully saturated rings. The Morgan fingerprint density at radius 2 is 2.06 bits per heavy atom. The van der Waals surface area contributed by atoms with Crippen molar-refractivity contribution >= 4 is 0 Å². The van der Waals surface area contributed by atoms with Gasteiger partial charge in [-0.05, 0) is 18.6 Å². The van der Waals surface area contributed by atoms with E-state index in [0.717, 1.165) is 18.6 Å². The molecule has 0 saturated carbocycles. The average Bonchev–Trinajstić information content (AvgIpc) is 3.17. The fraction of sp³-hybridized carbons (Fsp3) is 0.600. The summed E-state index contributed by atoms with van der Waals surface area (Å²) < 4.78 is 11.1. The van der Waals surface area contributed by atoms with Gasteiger partial charge in [0, 0.05) is 0 Å². The minimum atomic E-state index is -0.332. The number of hydrogen-bond acceptors (Lipinski definition) is 3. The van der Waals surface area contributed by atoms with Crippen LogP contribution in [0.15, 0.2) is 30.3 Å². The smallest absolute Gasteiger partial charge is 0.121 e. The third-order valence-corrected chi connectivity index (χ3v) is 3.26. The van der Waals surface area contributed by atoms with Gasteiger partial charge in [0.15, 0.2) is 0 Å². The third-order valence-electron chi connectivity index (χ3n) is 3.26. The Kier molecular flexibility index (Phi) is 5.02. The lowest BCUT2D eigenvalue weighted by molar-refractivity contribution is 0.123. The molecule has 1 aliphatic rings. The summed E-state index contributed by atoms with van der Waals surface area (Å²) in [6, 6.07) is 9.70. The summed E-state index contributed by atoms with van der Waals surface area (Å²) in [6.45, 7) is 2.69. The van der Waals surface area contributed by atoms with Crippen LogP contribution in [0, 0.1) is 0 Å². The number of hydrogen-bond donors (Lipinski definition) is 1. The van der Waals surface area contributed by atoms with E-state index in [1.54, 1.807) is 0 Å². The van der Waals surface area contributed by atoms with Crippen molar-refractivity contribution in [3.8, 4) is 5.75 Å². The molecule has 0 aliphatic carbocycles. The summed E-state index contributed by atoms with van der Waals surface area (Å²) in [7, 11) is 0. The molecule has 0 spiro atoms. The minimum absolute atomic E-state index is 0.0226. The number of unbranched alkanes of at least 4 members (excludes halogenated alkanes) is 2. The lowest BCUT2D eigenvalue weighted by Crippen LogP contribution is -2.19. The first-order chi connectivity index (χ1) is 8.81. The normalized spacial score (nSPS) is 23.7. The molecule has 1 aromatic rings. The zero-order valence-electron chi connectivity index (χ0n) is 10.9. The van der Waals surface area contributed by atoms with Crippen molar-refractivity contribution in [1.82, 2.24) is 0 Å². The first kappa shape index (κ1) is 13.4. The van der Waals surface area contributed by atoms with E-state index in [2.05, 4.69) is 6.92 Å². The minimum Gasteiger partial charge on any atom is -0.491 e. The number of ether oxygens (including phenoxy) is 2. The van der Waals surface area contributed by atoms with Crippen molar-refractivity contribution in [2.75, 3.05) is 6.61 Å². The van der Waals surface area contributed by atoms with Crippen LogP contribution in [0.3, 0.4) is 0 Å². The molecule has 100 valence electrons. The maximum absolute atomic E-state index is 9.90. The molecule has 1 aromatic carbocycles. The fourth-order valence-electron chi connectivity index (χ4n) is 2.09. The Morgan fingerprint density at radius 1 is 1.28 bits per heavy atom. The Morgan fingerprint density at radius 3 is 2.78 bits per heavy atom. The highest BCUT2D eigenvalue weighted by molar-refractivity contribution is 5.21. The second-order valence-electron chi connectivity index (χ2n) is 4.83. The largest absolute Gasteiger partial charge is 0.491 e. The molecule has 3 atom stereocenters. The number of rotatable bonds is 8. The summed E-state index contributed by atoms with van der Waals surface area (Å²) in [5.74, 6) is 0.854. The maximum Gasteiger partial charge on any atom is 0.121 e. The zero-order chi connectivity index (χ0) is 12.8. The number of aliphatic hydroxyl groups excluding tert-OH is 1. The highest BCUT2D eigenvalue weighted by Crippen LogP contribution is 2.28. The third kappa shape index (κ3) is 4.00. The van der Waals surface area contributed by atoms with Crippen LogP contribution in [0.25, 0.3) is 0 Å². The van der Waals surface area contributed by atoms with E-state index in [1.165, 1.54) is 12.8 Å². The molecule has 2 rings (SSSR count). The van der Waals surface area contributed by atoms with E-state index in [4.69, 9.17) is 9.47 Å². The topological polar surface area (TPSA) is 42.0 Å². The summed E-state index contributed by atoms with van der Waals surface area (Å²) in [5, 5.41) is 9.90. The SMILES string of the molecule is CCCCCC(O)C1OC1COc1ccccc1. The van der Waals surface area contributed by atoms with Gasteiger partial charge in [-0.2, -0.15) is 0 Å².